The normalized spacial score (nSPS) is 10.9. The van der Waals surface area contributed by atoms with Crippen molar-refractivity contribution in [3.63, 3.8) is 0 Å². The first-order chi connectivity index (χ1) is 8.54. The molecule has 0 fully saturated rings. The Balaban J connectivity index is 2.49. The fourth-order valence-electron chi connectivity index (χ4n) is 1.74. The standard InChI is InChI=1S/C13H14FNO3/c1-8(2)18-13(16)15-7-6-9-10(15)4-5-11(17-3)12(9)14/h4-8H,1-3H3. The van der Waals surface area contributed by atoms with Gasteiger partial charge in [0.2, 0.25) is 0 Å². The van der Waals surface area contributed by atoms with Crippen molar-refractivity contribution in [3.8, 4) is 5.75 Å². The van der Waals surface area contributed by atoms with E-state index in [4.69, 9.17) is 9.47 Å². The monoisotopic (exact) mass is 251 g/mol. The maximum absolute atomic E-state index is 13.9. The minimum atomic E-state index is -0.524. The first kappa shape index (κ1) is 12.4. The molecule has 0 saturated carbocycles. The van der Waals surface area contributed by atoms with Crippen molar-refractivity contribution in [3.05, 3.63) is 30.2 Å². The van der Waals surface area contributed by atoms with Gasteiger partial charge in [-0.3, -0.25) is 4.57 Å². The summed E-state index contributed by atoms with van der Waals surface area (Å²) in [6.07, 6.45) is 0.736. The Bertz CT molecular complexity index is 589. The molecule has 0 radical (unpaired) electrons. The Labute approximate surface area is 104 Å². The second-order valence-corrected chi connectivity index (χ2v) is 4.13. The van der Waals surface area contributed by atoms with Gasteiger partial charge in [0.15, 0.2) is 11.6 Å². The number of aromatic nitrogens is 1. The van der Waals surface area contributed by atoms with Crippen LogP contribution in [-0.2, 0) is 4.74 Å². The topological polar surface area (TPSA) is 40.5 Å². The van der Waals surface area contributed by atoms with Crippen LogP contribution in [0.15, 0.2) is 24.4 Å². The van der Waals surface area contributed by atoms with E-state index in [0.717, 1.165) is 0 Å². The molecule has 1 heterocycles. The fourth-order valence-corrected chi connectivity index (χ4v) is 1.74. The zero-order valence-corrected chi connectivity index (χ0v) is 10.4. The first-order valence-corrected chi connectivity index (χ1v) is 5.59. The zero-order valence-electron chi connectivity index (χ0n) is 10.4. The molecule has 0 aliphatic carbocycles. The minimum absolute atomic E-state index is 0.150. The predicted molar refractivity (Wildman–Crippen MR) is 65.5 cm³/mol. The summed E-state index contributed by atoms with van der Waals surface area (Å²) in [5, 5.41) is 0.329. The van der Waals surface area contributed by atoms with E-state index in [1.165, 1.54) is 30.0 Å². The van der Waals surface area contributed by atoms with Crippen LogP contribution in [0.5, 0.6) is 5.75 Å². The molecule has 0 aliphatic rings. The third-order valence-corrected chi connectivity index (χ3v) is 2.52. The summed E-state index contributed by atoms with van der Waals surface area (Å²) in [5.41, 5.74) is 0.457. The molecule has 1 aromatic carbocycles. The van der Waals surface area contributed by atoms with E-state index in [0.29, 0.717) is 10.9 Å². The summed E-state index contributed by atoms with van der Waals surface area (Å²) in [5.74, 6) is -0.330. The van der Waals surface area contributed by atoms with Gasteiger partial charge < -0.3 is 9.47 Å². The van der Waals surface area contributed by atoms with Crippen molar-refractivity contribution in [1.29, 1.82) is 0 Å². The summed E-state index contributed by atoms with van der Waals surface area (Å²) in [4.78, 5) is 11.8. The average molecular weight is 251 g/mol. The van der Waals surface area contributed by atoms with Crippen LogP contribution in [0.1, 0.15) is 13.8 Å². The fraction of sp³-hybridized carbons (Fsp3) is 0.308. The molecule has 0 amide bonds. The van der Waals surface area contributed by atoms with Gasteiger partial charge in [0, 0.05) is 11.6 Å². The number of carbonyl (C=O) groups excluding carboxylic acids is 1. The number of rotatable bonds is 2. The Kier molecular flexibility index (Phi) is 3.23. The maximum Gasteiger partial charge on any atom is 0.418 e. The van der Waals surface area contributed by atoms with Gasteiger partial charge in [-0.1, -0.05) is 0 Å². The van der Waals surface area contributed by atoms with Crippen LogP contribution in [0.2, 0.25) is 0 Å². The number of fused-ring (bicyclic) bond motifs is 1. The molecular formula is C13H14FNO3. The van der Waals surface area contributed by atoms with E-state index < -0.39 is 11.9 Å². The van der Waals surface area contributed by atoms with Gasteiger partial charge in [0.25, 0.3) is 0 Å². The van der Waals surface area contributed by atoms with E-state index in [-0.39, 0.29) is 11.9 Å². The highest BCUT2D eigenvalue weighted by Crippen LogP contribution is 2.27. The van der Waals surface area contributed by atoms with Gasteiger partial charge in [0.05, 0.1) is 18.7 Å². The number of methoxy groups -OCH3 is 1. The van der Waals surface area contributed by atoms with E-state index in [1.54, 1.807) is 19.9 Å². The highest BCUT2D eigenvalue weighted by atomic mass is 19.1. The molecule has 5 heteroatoms. The average Bonchev–Trinajstić information content (AvgIpc) is 2.73. The van der Waals surface area contributed by atoms with Crippen molar-refractivity contribution in [2.24, 2.45) is 0 Å². The molecule has 0 N–H and O–H groups in total. The van der Waals surface area contributed by atoms with Crippen LogP contribution >= 0.6 is 0 Å². The summed E-state index contributed by atoms with van der Waals surface area (Å²) in [7, 11) is 1.40. The molecule has 18 heavy (non-hydrogen) atoms. The minimum Gasteiger partial charge on any atom is -0.494 e. The second-order valence-electron chi connectivity index (χ2n) is 4.13. The lowest BCUT2D eigenvalue weighted by atomic mass is 10.2. The molecule has 0 spiro atoms. The molecule has 0 unspecified atom stereocenters. The van der Waals surface area contributed by atoms with E-state index in [1.807, 2.05) is 0 Å². The van der Waals surface area contributed by atoms with Crippen LogP contribution < -0.4 is 4.74 Å². The first-order valence-electron chi connectivity index (χ1n) is 5.59. The highest BCUT2D eigenvalue weighted by Gasteiger charge is 2.15. The summed E-state index contributed by atoms with van der Waals surface area (Å²) in [6.45, 7) is 3.51. The summed E-state index contributed by atoms with van der Waals surface area (Å²) in [6, 6.07) is 4.63. The Hall–Kier alpha value is -2.04. The Morgan fingerprint density at radius 2 is 2.06 bits per heavy atom. The Morgan fingerprint density at radius 1 is 1.33 bits per heavy atom. The molecule has 0 bridgehead atoms. The van der Waals surface area contributed by atoms with Gasteiger partial charge in [0.1, 0.15) is 0 Å². The van der Waals surface area contributed by atoms with E-state index in [2.05, 4.69) is 0 Å². The maximum atomic E-state index is 13.9. The zero-order chi connectivity index (χ0) is 13.3. The smallest absolute Gasteiger partial charge is 0.418 e. The van der Waals surface area contributed by atoms with Crippen molar-refractivity contribution < 1.29 is 18.7 Å². The number of carbonyl (C=O) groups is 1. The third-order valence-electron chi connectivity index (χ3n) is 2.52. The second kappa shape index (κ2) is 4.68. The summed E-state index contributed by atoms with van der Waals surface area (Å²) < 4.78 is 25.2. The number of nitrogens with zero attached hydrogens (tertiary/aromatic N) is 1. The number of halogens is 1. The Morgan fingerprint density at radius 3 is 2.67 bits per heavy atom. The van der Waals surface area contributed by atoms with Crippen LogP contribution in [-0.4, -0.2) is 23.9 Å². The molecule has 0 atom stereocenters. The van der Waals surface area contributed by atoms with Crippen LogP contribution in [0.3, 0.4) is 0 Å². The lowest BCUT2D eigenvalue weighted by Crippen LogP contribution is -2.17. The molecule has 1 aromatic heterocycles. The lowest BCUT2D eigenvalue weighted by Gasteiger charge is -2.09. The number of benzene rings is 1. The largest absolute Gasteiger partial charge is 0.494 e. The van der Waals surface area contributed by atoms with Crippen LogP contribution in [0, 0.1) is 5.82 Å². The molecule has 0 saturated heterocycles. The van der Waals surface area contributed by atoms with Crippen molar-refractivity contribution >= 4 is 17.0 Å². The van der Waals surface area contributed by atoms with Gasteiger partial charge >= 0.3 is 6.09 Å². The molecule has 4 nitrogen and oxygen atoms in total. The molecular weight excluding hydrogens is 237 g/mol. The predicted octanol–water partition coefficient (Wildman–Crippen LogP) is 3.18. The van der Waals surface area contributed by atoms with Gasteiger partial charge in [-0.2, -0.15) is 0 Å². The van der Waals surface area contributed by atoms with Crippen molar-refractivity contribution in [1.82, 2.24) is 4.57 Å². The lowest BCUT2D eigenvalue weighted by molar-refractivity contribution is 0.118. The quantitative estimate of drug-likeness (QED) is 0.823. The third kappa shape index (κ3) is 2.03. The van der Waals surface area contributed by atoms with Gasteiger partial charge in [-0.05, 0) is 32.0 Å². The van der Waals surface area contributed by atoms with Gasteiger partial charge in [-0.15, -0.1) is 0 Å². The van der Waals surface area contributed by atoms with Crippen molar-refractivity contribution in [2.75, 3.05) is 7.11 Å². The number of hydrogen-bond acceptors (Lipinski definition) is 3. The summed E-state index contributed by atoms with van der Waals surface area (Å²) >= 11 is 0. The van der Waals surface area contributed by atoms with Gasteiger partial charge in [-0.25, -0.2) is 9.18 Å². The molecule has 2 rings (SSSR count). The van der Waals surface area contributed by atoms with E-state index >= 15 is 0 Å². The van der Waals surface area contributed by atoms with Crippen LogP contribution in [0.25, 0.3) is 10.9 Å². The van der Waals surface area contributed by atoms with E-state index in [9.17, 15) is 9.18 Å². The SMILES string of the molecule is COc1ccc2c(ccn2C(=O)OC(C)C)c1F. The number of hydrogen-bond donors (Lipinski definition) is 0. The molecule has 0 aliphatic heterocycles. The molecule has 96 valence electrons. The van der Waals surface area contributed by atoms with Crippen molar-refractivity contribution in [2.45, 2.75) is 20.0 Å². The highest BCUT2D eigenvalue weighted by molar-refractivity contribution is 5.90. The van der Waals surface area contributed by atoms with Crippen LogP contribution in [0.4, 0.5) is 9.18 Å². The molecule has 2 aromatic rings. The number of ether oxygens (including phenoxy) is 2.